The Labute approximate surface area is 143 Å². The smallest absolute Gasteiger partial charge is 0.281 e. The zero-order valence-corrected chi connectivity index (χ0v) is 15.2. The lowest BCUT2D eigenvalue weighted by Crippen LogP contribution is -2.58. The maximum Gasteiger partial charge on any atom is 0.281 e. The van der Waals surface area contributed by atoms with E-state index in [0.717, 1.165) is 17.9 Å². The third-order valence-corrected chi connectivity index (χ3v) is 3.63. The van der Waals surface area contributed by atoms with E-state index in [9.17, 15) is 4.79 Å². The van der Waals surface area contributed by atoms with Gasteiger partial charge in [-0.15, -0.1) is 0 Å². The van der Waals surface area contributed by atoms with Crippen LogP contribution in [-0.2, 0) is 23.8 Å². The molecule has 1 unspecified atom stereocenters. The molecule has 1 rings (SSSR count). The highest BCUT2D eigenvalue weighted by molar-refractivity contribution is 7.80. The number of hydrogen-bond acceptors (Lipinski definition) is 6. The summed E-state index contributed by atoms with van der Waals surface area (Å²) >= 11 is 5.21. The van der Waals surface area contributed by atoms with Crippen LogP contribution in [0.25, 0.3) is 0 Å². The van der Waals surface area contributed by atoms with Gasteiger partial charge in [0.05, 0.1) is 6.61 Å². The van der Waals surface area contributed by atoms with Gasteiger partial charge in [-0.25, -0.2) is 0 Å². The Morgan fingerprint density at radius 3 is 2.35 bits per heavy atom. The molecule has 134 valence electrons. The number of thiocarbonyl (C=S) groups is 1. The molecule has 0 aromatic rings. The molecule has 1 atom stereocenters. The molecular weight excluding hydrogens is 320 g/mol. The molecule has 1 aliphatic heterocycles. The van der Waals surface area contributed by atoms with Crippen LogP contribution in [0.3, 0.4) is 0 Å². The first-order chi connectivity index (χ1) is 11.1. The van der Waals surface area contributed by atoms with E-state index in [1.54, 1.807) is 0 Å². The quantitative estimate of drug-likeness (QED) is 0.326. The summed E-state index contributed by atoms with van der Waals surface area (Å²) in [5, 5.41) is 4.29. The molecule has 0 radical (unpaired) electrons. The van der Waals surface area contributed by atoms with Gasteiger partial charge in [-0.3, -0.25) is 9.63 Å². The summed E-state index contributed by atoms with van der Waals surface area (Å²) in [6.07, 6.45) is 1.82. The van der Waals surface area contributed by atoms with Crippen LogP contribution in [-0.4, -0.2) is 60.9 Å². The zero-order chi connectivity index (χ0) is 17.3. The minimum atomic E-state index is -1.23. The Bertz CT molecular complexity index is 388. The van der Waals surface area contributed by atoms with Gasteiger partial charge < -0.3 is 19.5 Å². The normalized spacial score (nSPS) is 18.6. The first-order valence-electron chi connectivity index (χ1n) is 8.19. The van der Waals surface area contributed by atoms with Crippen molar-refractivity contribution in [3.63, 3.8) is 0 Å². The molecule has 1 amide bonds. The van der Waals surface area contributed by atoms with Crippen molar-refractivity contribution in [3.05, 3.63) is 0 Å². The molecule has 8 heteroatoms. The third-order valence-electron chi connectivity index (χ3n) is 3.34. The fourth-order valence-electron chi connectivity index (χ4n) is 2.29. The van der Waals surface area contributed by atoms with Gasteiger partial charge in [-0.2, -0.15) is 5.06 Å². The van der Waals surface area contributed by atoms with Gasteiger partial charge in [-0.05, 0) is 39.4 Å². The first kappa shape index (κ1) is 20.2. The third kappa shape index (κ3) is 5.09. The number of hydroxylamine groups is 2. The van der Waals surface area contributed by atoms with Crippen LogP contribution in [0.5, 0.6) is 0 Å². The number of rotatable bonds is 12. The molecule has 1 saturated heterocycles. The van der Waals surface area contributed by atoms with Gasteiger partial charge in [0.2, 0.25) is 10.9 Å². The minimum Gasteiger partial charge on any atom is -0.376 e. The van der Waals surface area contributed by atoms with Gasteiger partial charge in [0.1, 0.15) is 6.61 Å². The van der Waals surface area contributed by atoms with Crippen LogP contribution in [0.2, 0.25) is 0 Å². The van der Waals surface area contributed by atoms with E-state index in [0.29, 0.717) is 26.4 Å². The Morgan fingerprint density at radius 2 is 1.83 bits per heavy atom. The minimum absolute atomic E-state index is 0.125. The van der Waals surface area contributed by atoms with Crippen molar-refractivity contribution < 1.29 is 23.8 Å². The van der Waals surface area contributed by atoms with Crippen molar-refractivity contribution in [3.8, 4) is 0 Å². The maximum atomic E-state index is 12.7. The fraction of sp³-hybridized carbons (Fsp3) is 0.867. The molecule has 23 heavy (non-hydrogen) atoms. The Morgan fingerprint density at radius 1 is 1.17 bits per heavy atom. The zero-order valence-electron chi connectivity index (χ0n) is 14.4. The second kappa shape index (κ2) is 10.1. The van der Waals surface area contributed by atoms with E-state index < -0.39 is 11.8 Å². The van der Waals surface area contributed by atoms with E-state index in [4.69, 9.17) is 31.3 Å². The predicted molar refractivity (Wildman–Crippen MR) is 89.7 cm³/mol. The summed E-state index contributed by atoms with van der Waals surface area (Å²) < 4.78 is 17.0. The van der Waals surface area contributed by atoms with Crippen LogP contribution in [0.4, 0.5) is 0 Å². The summed E-state index contributed by atoms with van der Waals surface area (Å²) in [6, 6.07) is -0.803. The fourth-order valence-corrected chi connectivity index (χ4v) is 2.55. The van der Waals surface area contributed by atoms with Crippen LogP contribution in [0.1, 0.15) is 40.5 Å². The highest BCUT2D eigenvalue weighted by Crippen LogP contribution is 2.25. The van der Waals surface area contributed by atoms with Gasteiger partial charge in [-0.1, -0.05) is 13.3 Å². The number of nitrogens with one attached hydrogen (secondary N) is 1. The molecule has 1 heterocycles. The Hall–Kier alpha value is -0.800. The molecule has 0 bridgehead atoms. The summed E-state index contributed by atoms with van der Waals surface area (Å²) in [6.45, 7) is 9.40. The van der Waals surface area contributed by atoms with Crippen LogP contribution in [0.15, 0.2) is 0 Å². The SMILES string of the molecule is CCCCON1C(=O)C(C(COCC)(OCC)OCC)NC1=S. The van der Waals surface area contributed by atoms with E-state index >= 15 is 0 Å². The molecular formula is C15H28N2O5S. The second-order valence-corrected chi connectivity index (χ2v) is 5.40. The van der Waals surface area contributed by atoms with Crippen molar-refractivity contribution in [2.24, 2.45) is 0 Å². The number of unbranched alkanes of at least 4 members (excludes halogenated alkanes) is 1. The van der Waals surface area contributed by atoms with Crippen molar-refractivity contribution in [2.45, 2.75) is 52.4 Å². The first-order valence-corrected chi connectivity index (χ1v) is 8.60. The number of carbonyl (C=O) groups is 1. The lowest BCUT2D eigenvalue weighted by atomic mass is 10.1. The number of amides is 1. The molecule has 0 aromatic heterocycles. The van der Waals surface area contributed by atoms with Crippen LogP contribution >= 0.6 is 12.2 Å². The van der Waals surface area contributed by atoms with Crippen molar-refractivity contribution in [1.82, 2.24) is 10.4 Å². The molecule has 0 aliphatic carbocycles. The Balaban J connectivity index is 2.92. The molecule has 1 aliphatic rings. The molecule has 0 saturated carbocycles. The van der Waals surface area contributed by atoms with E-state index in [1.807, 2.05) is 27.7 Å². The van der Waals surface area contributed by atoms with E-state index in [-0.39, 0.29) is 17.6 Å². The standard InChI is InChI=1S/C15H28N2O5S/c1-5-9-10-22-17-13(18)12(16-14(17)23)15(20-7-3,21-8-4)11-19-6-2/h12H,5-11H2,1-4H3,(H,16,23). The number of hydrogen-bond donors (Lipinski definition) is 1. The van der Waals surface area contributed by atoms with E-state index in [1.165, 1.54) is 0 Å². The predicted octanol–water partition coefficient (Wildman–Crippen LogP) is 1.61. The molecule has 7 nitrogen and oxygen atoms in total. The average Bonchev–Trinajstić information content (AvgIpc) is 2.81. The molecule has 0 aromatic carbocycles. The summed E-state index contributed by atoms with van der Waals surface area (Å²) in [5.74, 6) is -1.56. The second-order valence-electron chi connectivity index (χ2n) is 5.02. The highest BCUT2D eigenvalue weighted by Gasteiger charge is 2.53. The summed E-state index contributed by atoms with van der Waals surface area (Å²) in [5.41, 5.74) is 0. The number of nitrogens with zero attached hydrogens (tertiary/aromatic N) is 1. The Kier molecular flexibility index (Phi) is 8.93. The molecule has 1 fully saturated rings. The number of carbonyl (C=O) groups excluding carboxylic acids is 1. The summed E-state index contributed by atoms with van der Waals surface area (Å²) in [4.78, 5) is 18.2. The molecule has 1 N–H and O–H groups in total. The lowest BCUT2D eigenvalue weighted by Gasteiger charge is -2.36. The lowest BCUT2D eigenvalue weighted by molar-refractivity contribution is -0.268. The van der Waals surface area contributed by atoms with Crippen molar-refractivity contribution in [1.29, 1.82) is 0 Å². The monoisotopic (exact) mass is 348 g/mol. The van der Waals surface area contributed by atoms with E-state index in [2.05, 4.69) is 5.32 Å². The van der Waals surface area contributed by atoms with Gasteiger partial charge in [0.15, 0.2) is 6.04 Å². The highest BCUT2D eigenvalue weighted by atomic mass is 32.1. The van der Waals surface area contributed by atoms with Crippen LogP contribution < -0.4 is 5.32 Å². The van der Waals surface area contributed by atoms with Gasteiger partial charge in [0, 0.05) is 19.8 Å². The average molecular weight is 348 g/mol. The molecule has 0 spiro atoms. The van der Waals surface area contributed by atoms with Crippen LogP contribution in [0, 0.1) is 0 Å². The number of ether oxygens (including phenoxy) is 3. The topological polar surface area (TPSA) is 69.3 Å². The largest absolute Gasteiger partial charge is 0.376 e. The van der Waals surface area contributed by atoms with Crippen molar-refractivity contribution in [2.75, 3.05) is 33.0 Å². The summed E-state index contributed by atoms with van der Waals surface area (Å²) in [7, 11) is 0. The van der Waals surface area contributed by atoms with Crippen molar-refractivity contribution >= 4 is 23.2 Å². The van der Waals surface area contributed by atoms with Gasteiger partial charge >= 0.3 is 0 Å². The van der Waals surface area contributed by atoms with Gasteiger partial charge in [0.25, 0.3) is 5.91 Å². The maximum absolute atomic E-state index is 12.7.